The quantitative estimate of drug-likeness (QED) is 0.0195. The third-order valence-corrected chi connectivity index (χ3v) is 12.0. The molecule has 0 saturated heterocycles. The molecule has 390 valence electrons. The van der Waals surface area contributed by atoms with Crippen LogP contribution in [0.25, 0.3) is 0 Å². The Balaban J connectivity index is 4.30. The highest BCUT2D eigenvalue weighted by Gasteiger charge is 2.22. The lowest BCUT2D eigenvalue weighted by Crippen LogP contribution is -2.44. The number of nitrogens with zero attached hydrogens (tertiary/aromatic N) is 1. The second-order valence-electron chi connectivity index (χ2n) is 19.9. The van der Waals surface area contributed by atoms with E-state index in [1.165, 1.54) is 154 Å². The zero-order valence-electron chi connectivity index (χ0n) is 44.3. The monoisotopic (exact) mass is 944 g/mol. The molecule has 0 spiro atoms. The molecule has 0 aliphatic carbocycles. The number of rotatable bonds is 51. The Morgan fingerprint density at radius 1 is 0.448 bits per heavy atom. The van der Waals surface area contributed by atoms with Crippen LogP contribution in [0.1, 0.15) is 245 Å². The number of allylic oxidation sites excluding steroid dienone is 8. The van der Waals surface area contributed by atoms with Crippen LogP contribution in [0.4, 0.5) is 0 Å². The van der Waals surface area contributed by atoms with Gasteiger partial charge in [-0.25, -0.2) is 0 Å². The van der Waals surface area contributed by atoms with Crippen molar-refractivity contribution >= 4 is 17.9 Å². The first-order valence-electron chi connectivity index (χ1n) is 27.8. The van der Waals surface area contributed by atoms with Crippen molar-refractivity contribution in [3.05, 3.63) is 48.6 Å². The van der Waals surface area contributed by atoms with E-state index in [1.54, 1.807) is 0 Å². The highest BCUT2D eigenvalue weighted by atomic mass is 16.7. The summed E-state index contributed by atoms with van der Waals surface area (Å²) in [4.78, 5) is 37.2. The summed E-state index contributed by atoms with van der Waals surface area (Å²) in [6.45, 7) is 4.73. The summed E-state index contributed by atoms with van der Waals surface area (Å²) in [6.07, 6.45) is 57.1. The van der Waals surface area contributed by atoms with Gasteiger partial charge in [-0.1, -0.05) is 204 Å². The van der Waals surface area contributed by atoms with Gasteiger partial charge in [0.15, 0.2) is 12.4 Å². The van der Waals surface area contributed by atoms with Gasteiger partial charge in [-0.2, -0.15) is 0 Å². The van der Waals surface area contributed by atoms with Crippen molar-refractivity contribution in [3.8, 4) is 0 Å². The molecule has 0 aromatic rings. The molecule has 0 bridgehead atoms. The molecule has 0 heterocycles. The van der Waals surface area contributed by atoms with E-state index in [1.807, 2.05) is 21.1 Å². The zero-order chi connectivity index (χ0) is 49.2. The average Bonchev–Trinajstić information content (AvgIpc) is 3.29. The van der Waals surface area contributed by atoms with Crippen molar-refractivity contribution in [3.63, 3.8) is 0 Å². The summed E-state index contributed by atoms with van der Waals surface area (Å²) in [5.41, 5.74) is 0. The van der Waals surface area contributed by atoms with Gasteiger partial charge < -0.3 is 33.3 Å². The fourth-order valence-corrected chi connectivity index (χ4v) is 7.71. The molecule has 0 amide bonds. The Bertz CT molecular complexity index is 1240. The normalized spacial score (nSPS) is 13.1. The minimum atomic E-state index is -1.62. The van der Waals surface area contributed by atoms with E-state index in [9.17, 15) is 19.5 Å². The van der Waals surface area contributed by atoms with Gasteiger partial charge >= 0.3 is 11.9 Å². The molecule has 0 radical (unpaired) electrons. The number of aliphatic carboxylic acids is 1. The molecule has 9 heteroatoms. The van der Waals surface area contributed by atoms with Gasteiger partial charge in [-0.15, -0.1) is 0 Å². The van der Waals surface area contributed by atoms with E-state index in [-0.39, 0.29) is 38.6 Å². The molecule has 0 aliphatic heterocycles. The number of hydrogen-bond acceptors (Lipinski definition) is 8. The Morgan fingerprint density at radius 2 is 0.806 bits per heavy atom. The highest BCUT2D eigenvalue weighted by Crippen LogP contribution is 2.15. The molecule has 0 aromatic heterocycles. The number of carboxylic acids is 1. The van der Waals surface area contributed by atoms with Crippen molar-refractivity contribution < 1.29 is 42.9 Å². The summed E-state index contributed by atoms with van der Waals surface area (Å²) in [5.74, 6) is -2.29. The molecule has 2 unspecified atom stereocenters. The predicted octanol–water partition coefficient (Wildman–Crippen LogP) is 14.6. The second kappa shape index (κ2) is 49.7. The van der Waals surface area contributed by atoms with Crippen LogP contribution in [0.2, 0.25) is 0 Å². The van der Waals surface area contributed by atoms with Gasteiger partial charge in [0.25, 0.3) is 0 Å². The first-order valence-corrected chi connectivity index (χ1v) is 27.8. The Hall–Kier alpha value is -2.75. The van der Waals surface area contributed by atoms with Crippen LogP contribution in [-0.4, -0.2) is 82.3 Å². The zero-order valence-corrected chi connectivity index (χ0v) is 44.3. The van der Waals surface area contributed by atoms with Gasteiger partial charge in [0.1, 0.15) is 13.2 Å². The molecule has 9 nitrogen and oxygen atoms in total. The van der Waals surface area contributed by atoms with E-state index in [0.717, 1.165) is 57.8 Å². The number of carbonyl (C=O) groups is 3. The summed E-state index contributed by atoms with van der Waals surface area (Å²) in [5, 5.41) is 11.8. The van der Waals surface area contributed by atoms with E-state index >= 15 is 0 Å². The van der Waals surface area contributed by atoms with Gasteiger partial charge in [0, 0.05) is 12.8 Å². The largest absolute Gasteiger partial charge is 0.545 e. The van der Waals surface area contributed by atoms with Crippen molar-refractivity contribution in [1.82, 2.24) is 0 Å². The van der Waals surface area contributed by atoms with Gasteiger partial charge in [-0.3, -0.25) is 9.59 Å². The number of ether oxygens (including phenoxy) is 4. The summed E-state index contributed by atoms with van der Waals surface area (Å²) >= 11 is 0. The Morgan fingerprint density at radius 3 is 1.18 bits per heavy atom. The third-order valence-electron chi connectivity index (χ3n) is 12.0. The second-order valence-corrected chi connectivity index (χ2v) is 19.9. The van der Waals surface area contributed by atoms with Crippen LogP contribution in [0.15, 0.2) is 48.6 Å². The van der Waals surface area contributed by atoms with E-state index in [0.29, 0.717) is 17.4 Å². The SMILES string of the molecule is CCCCCCC/C=C\C/C=C\CCCCCCCCCCCC(=O)OCC(COC(OCC[N+](C)(C)C)C(=O)[O-])OC(=O)CCCCCCCCCCC/C=C\C/C=C\CCCCCCC. The molecular weight excluding hydrogens is 839 g/mol. The number of esters is 2. The molecule has 0 saturated carbocycles. The van der Waals surface area contributed by atoms with Crippen molar-refractivity contribution in [1.29, 1.82) is 0 Å². The molecule has 0 rings (SSSR count). The smallest absolute Gasteiger partial charge is 0.306 e. The maximum atomic E-state index is 12.8. The van der Waals surface area contributed by atoms with Gasteiger partial charge in [0.2, 0.25) is 0 Å². The first kappa shape index (κ1) is 64.2. The number of hydrogen-bond donors (Lipinski definition) is 0. The Labute approximate surface area is 412 Å². The van der Waals surface area contributed by atoms with E-state index in [2.05, 4.69) is 62.5 Å². The summed E-state index contributed by atoms with van der Waals surface area (Å²) in [6, 6.07) is 0. The topological polar surface area (TPSA) is 111 Å². The van der Waals surface area contributed by atoms with Crippen molar-refractivity contribution in [2.24, 2.45) is 0 Å². The third kappa shape index (κ3) is 50.9. The number of unbranched alkanes of at least 4 members (excludes halogenated alkanes) is 28. The van der Waals surface area contributed by atoms with E-state index in [4.69, 9.17) is 18.9 Å². The first-order chi connectivity index (χ1) is 32.6. The lowest BCUT2D eigenvalue weighted by molar-refractivity contribution is -0.870. The maximum Gasteiger partial charge on any atom is 0.306 e. The van der Waals surface area contributed by atoms with Crippen molar-refractivity contribution in [2.45, 2.75) is 257 Å². The van der Waals surface area contributed by atoms with Crippen LogP contribution in [-0.2, 0) is 33.3 Å². The number of likely N-dealkylation sites (N-methyl/N-ethyl adjacent to an activating group) is 1. The minimum Gasteiger partial charge on any atom is -0.545 e. The molecule has 0 aromatic carbocycles. The number of carboxylic acid groups (broad SMARTS) is 1. The maximum absolute atomic E-state index is 12.8. The van der Waals surface area contributed by atoms with Crippen LogP contribution < -0.4 is 5.11 Å². The highest BCUT2D eigenvalue weighted by molar-refractivity contribution is 5.70. The van der Waals surface area contributed by atoms with Crippen LogP contribution in [0.5, 0.6) is 0 Å². The van der Waals surface area contributed by atoms with Gasteiger partial charge in [-0.05, 0) is 77.0 Å². The standard InChI is InChI=1S/C58H105NO8/c1-6-8-10-12-14-16-18-20-22-24-26-28-30-32-34-36-38-40-42-44-46-48-55(60)65-52-54(53-66-58(57(62)63)64-51-50-59(3,4)5)67-56(61)49-47-45-43-41-39-37-35-33-31-29-27-25-23-21-19-17-15-13-11-9-7-2/h18-21,24-27,54,58H,6-17,22-23,28-53H2,1-5H3/b20-18-,21-19-,26-24-,27-25-. The lowest BCUT2D eigenvalue weighted by Gasteiger charge is -2.26. The predicted molar refractivity (Wildman–Crippen MR) is 279 cm³/mol. The van der Waals surface area contributed by atoms with Crippen molar-refractivity contribution in [2.75, 3.05) is 47.5 Å². The van der Waals surface area contributed by atoms with Crippen LogP contribution >= 0.6 is 0 Å². The molecule has 0 aliphatic rings. The van der Waals surface area contributed by atoms with E-state index < -0.39 is 24.3 Å². The summed E-state index contributed by atoms with van der Waals surface area (Å²) in [7, 11) is 5.92. The molecule has 67 heavy (non-hydrogen) atoms. The molecule has 0 N–H and O–H groups in total. The van der Waals surface area contributed by atoms with Crippen LogP contribution in [0.3, 0.4) is 0 Å². The summed E-state index contributed by atoms with van der Waals surface area (Å²) < 4.78 is 22.7. The molecular formula is C58H105NO8. The number of quaternary nitrogens is 1. The fourth-order valence-electron chi connectivity index (χ4n) is 7.71. The molecule has 0 fully saturated rings. The minimum absolute atomic E-state index is 0.145. The fraction of sp³-hybridized carbons (Fsp3) is 0.810. The number of carbonyl (C=O) groups excluding carboxylic acids is 3. The molecule has 2 atom stereocenters. The average molecular weight is 944 g/mol. The van der Waals surface area contributed by atoms with Gasteiger partial charge in [0.05, 0.1) is 40.3 Å². The lowest BCUT2D eigenvalue weighted by atomic mass is 10.1. The van der Waals surface area contributed by atoms with Crippen LogP contribution in [0, 0.1) is 0 Å². The Kier molecular flexibility index (Phi) is 47.6.